The Morgan fingerprint density at radius 2 is 1.95 bits per heavy atom. The average molecular weight is 333 g/mol. The van der Waals surface area contributed by atoms with Gasteiger partial charge in [0, 0.05) is 19.6 Å². The summed E-state index contributed by atoms with van der Waals surface area (Å²) in [5.41, 5.74) is 0.884. The standard InChI is InChI=1S/C14H21ClN2O3S/c1-10-8-17(9-11(2)20-10)21(18,19)14-6-12(7-16-3)4-5-13(14)15/h4-6,10-11,16H,7-9H2,1-3H3. The third-order valence-corrected chi connectivity index (χ3v) is 5.69. The van der Waals surface area contributed by atoms with E-state index >= 15 is 0 Å². The van der Waals surface area contributed by atoms with Crippen molar-refractivity contribution in [3.63, 3.8) is 0 Å². The number of rotatable bonds is 4. The minimum atomic E-state index is -3.61. The van der Waals surface area contributed by atoms with Crippen LogP contribution < -0.4 is 5.32 Å². The van der Waals surface area contributed by atoms with Crippen LogP contribution in [0.1, 0.15) is 19.4 Å². The Kier molecular flexibility index (Phi) is 5.27. The van der Waals surface area contributed by atoms with Crippen molar-refractivity contribution in [3.05, 3.63) is 28.8 Å². The molecule has 0 aliphatic carbocycles. The molecule has 1 fully saturated rings. The van der Waals surface area contributed by atoms with Crippen molar-refractivity contribution in [1.29, 1.82) is 0 Å². The third-order valence-electron chi connectivity index (χ3n) is 3.38. The van der Waals surface area contributed by atoms with Gasteiger partial charge < -0.3 is 10.1 Å². The van der Waals surface area contributed by atoms with Gasteiger partial charge in [0.25, 0.3) is 0 Å². The Labute approximate surface area is 131 Å². The monoisotopic (exact) mass is 332 g/mol. The molecular weight excluding hydrogens is 312 g/mol. The third kappa shape index (κ3) is 3.76. The molecule has 0 radical (unpaired) electrons. The van der Waals surface area contributed by atoms with Gasteiger partial charge in [0.05, 0.1) is 17.2 Å². The van der Waals surface area contributed by atoms with Crippen molar-refractivity contribution >= 4 is 21.6 Å². The lowest BCUT2D eigenvalue weighted by Crippen LogP contribution is -2.48. The molecule has 0 saturated carbocycles. The highest BCUT2D eigenvalue weighted by Crippen LogP contribution is 2.28. The Morgan fingerprint density at radius 3 is 2.52 bits per heavy atom. The van der Waals surface area contributed by atoms with Crippen LogP contribution in [0.4, 0.5) is 0 Å². The van der Waals surface area contributed by atoms with E-state index < -0.39 is 10.0 Å². The summed E-state index contributed by atoms with van der Waals surface area (Å²) in [5.74, 6) is 0. The number of halogens is 1. The number of benzene rings is 1. The molecule has 1 N–H and O–H groups in total. The normalized spacial score (nSPS) is 24.2. The van der Waals surface area contributed by atoms with E-state index in [1.54, 1.807) is 12.1 Å². The largest absolute Gasteiger partial charge is 0.373 e. The zero-order chi connectivity index (χ0) is 15.6. The van der Waals surface area contributed by atoms with Gasteiger partial charge in [-0.05, 0) is 38.6 Å². The molecule has 0 bridgehead atoms. The molecule has 2 atom stereocenters. The Balaban J connectivity index is 2.36. The lowest BCUT2D eigenvalue weighted by atomic mass is 10.2. The molecule has 1 saturated heterocycles. The summed E-state index contributed by atoms with van der Waals surface area (Å²) >= 11 is 6.12. The highest BCUT2D eigenvalue weighted by Gasteiger charge is 2.33. The highest BCUT2D eigenvalue weighted by atomic mass is 35.5. The molecule has 1 heterocycles. The van der Waals surface area contributed by atoms with Crippen molar-refractivity contribution in [2.75, 3.05) is 20.1 Å². The van der Waals surface area contributed by atoms with Gasteiger partial charge in [-0.2, -0.15) is 4.31 Å². The smallest absolute Gasteiger partial charge is 0.244 e. The molecule has 0 aromatic heterocycles. The predicted octanol–water partition coefficient (Wildman–Crippen LogP) is 1.86. The molecule has 2 unspecified atom stereocenters. The summed E-state index contributed by atoms with van der Waals surface area (Å²) in [6.07, 6.45) is -0.245. The van der Waals surface area contributed by atoms with Crippen molar-refractivity contribution in [3.8, 4) is 0 Å². The number of nitrogens with one attached hydrogen (secondary N) is 1. The van der Waals surface area contributed by atoms with Crippen LogP contribution in [0.15, 0.2) is 23.1 Å². The van der Waals surface area contributed by atoms with Gasteiger partial charge in [-0.3, -0.25) is 0 Å². The van der Waals surface area contributed by atoms with E-state index in [0.29, 0.717) is 19.6 Å². The van der Waals surface area contributed by atoms with Gasteiger partial charge >= 0.3 is 0 Å². The SMILES string of the molecule is CNCc1ccc(Cl)c(S(=O)(=O)N2CC(C)OC(C)C2)c1. The molecule has 118 valence electrons. The van der Waals surface area contributed by atoms with Gasteiger partial charge in [0.1, 0.15) is 4.90 Å². The summed E-state index contributed by atoms with van der Waals surface area (Å²) in [5, 5.41) is 3.26. The molecular formula is C14H21ClN2O3S. The van der Waals surface area contributed by atoms with Gasteiger partial charge in [-0.1, -0.05) is 17.7 Å². The zero-order valence-electron chi connectivity index (χ0n) is 12.5. The lowest BCUT2D eigenvalue weighted by Gasteiger charge is -2.34. The van der Waals surface area contributed by atoms with Crippen LogP contribution in [0, 0.1) is 0 Å². The number of hydrogen-bond donors (Lipinski definition) is 1. The highest BCUT2D eigenvalue weighted by molar-refractivity contribution is 7.89. The Bertz CT molecular complexity index is 596. The Hall–Kier alpha value is -0.660. The molecule has 0 amide bonds. The summed E-state index contributed by atoms with van der Waals surface area (Å²) in [7, 11) is -1.79. The topological polar surface area (TPSA) is 58.6 Å². The van der Waals surface area contributed by atoms with Gasteiger partial charge in [-0.25, -0.2) is 8.42 Å². The van der Waals surface area contributed by atoms with Crippen molar-refractivity contribution in [1.82, 2.24) is 9.62 Å². The minimum absolute atomic E-state index is 0.122. The Morgan fingerprint density at radius 1 is 1.33 bits per heavy atom. The van der Waals surface area contributed by atoms with Crippen molar-refractivity contribution in [2.24, 2.45) is 0 Å². The molecule has 1 aliphatic heterocycles. The van der Waals surface area contributed by atoms with Crippen molar-refractivity contribution < 1.29 is 13.2 Å². The second-order valence-electron chi connectivity index (χ2n) is 5.37. The van der Waals surface area contributed by atoms with E-state index in [4.69, 9.17) is 16.3 Å². The fourth-order valence-corrected chi connectivity index (χ4v) is 4.64. The fourth-order valence-electron chi connectivity index (χ4n) is 2.53. The van der Waals surface area contributed by atoms with Crippen LogP contribution in [-0.2, 0) is 21.3 Å². The maximum atomic E-state index is 12.8. The molecule has 1 aromatic carbocycles. The predicted molar refractivity (Wildman–Crippen MR) is 83.0 cm³/mol. The first-order valence-corrected chi connectivity index (χ1v) is 8.75. The summed E-state index contributed by atoms with van der Waals surface area (Å²) in [4.78, 5) is 0.165. The van der Waals surface area contributed by atoms with Crippen molar-refractivity contribution in [2.45, 2.75) is 37.5 Å². The van der Waals surface area contributed by atoms with E-state index in [1.165, 1.54) is 4.31 Å². The molecule has 1 aromatic rings. The molecule has 1 aliphatic rings. The molecule has 5 nitrogen and oxygen atoms in total. The summed E-state index contributed by atoms with van der Waals surface area (Å²) < 4.78 is 32.7. The number of hydrogen-bond acceptors (Lipinski definition) is 4. The van der Waals surface area contributed by atoms with E-state index in [0.717, 1.165) is 5.56 Å². The van der Waals surface area contributed by atoms with Gasteiger partial charge in [-0.15, -0.1) is 0 Å². The molecule has 7 heteroatoms. The number of sulfonamides is 1. The van der Waals surface area contributed by atoms with Crippen LogP contribution >= 0.6 is 11.6 Å². The summed E-state index contributed by atoms with van der Waals surface area (Å²) in [6, 6.07) is 5.09. The second-order valence-corrected chi connectivity index (χ2v) is 7.69. The average Bonchev–Trinajstić information content (AvgIpc) is 2.40. The first-order chi connectivity index (χ1) is 9.84. The van der Waals surface area contributed by atoms with E-state index in [9.17, 15) is 8.42 Å². The molecule has 0 spiro atoms. The van der Waals surface area contributed by atoms with Crippen LogP contribution in [0.5, 0.6) is 0 Å². The van der Waals surface area contributed by atoms with E-state index in [2.05, 4.69) is 5.32 Å². The first-order valence-electron chi connectivity index (χ1n) is 6.93. The van der Waals surface area contributed by atoms with Gasteiger partial charge in [0.15, 0.2) is 0 Å². The number of ether oxygens (including phenoxy) is 1. The first kappa shape index (κ1) is 16.7. The minimum Gasteiger partial charge on any atom is -0.373 e. The summed E-state index contributed by atoms with van der Waals surface area (Å²) in [6.45, 7) is 5.03. The van der Waals surface area contributed by atoms with Crippen LogP contribution in [0.2, 0.25) is 5.02 Å². The number of nitrogens with zero attached hydrogens (tertiary/aromatic N) is 1. The van der Waals surface area contributed by atoms with E-state index in [-0.39, 0.29) is 22.1 Å². The van der Waals surface area contributed by atoms with Crippen LogP contribution in [0.3, 0.4) is 0 Å². The van der Waals surface area contributed by atoms with Crippen LogP contribution in [-0.4, -0.2) is 45.1 Å². The fraction of sp³-hybridized carbons (Fsp3) is 0.571. The second kappa shape index (κ2) is 6.62. The zero-order valence-corrected chi connectivity index (χ0v) is 14.0. The van der Waals surface area contributed by atoms with Crippen LogP contribution in [0.25, 0.3) is 0 Å². The van der Waals surface area contributed by atoms with E-state index in [1.807, 2.05) is 27.0 Å². The maximum Gasteiger partial charge on any atom is 0.244 e. The molecule has 2 rings (SSSR count). The maximum absolute atomic E-state index is 12.8. The number of morpholine rings is 1. The quantitative estimate of drug-likeness (QED) is 0.914. The lowest BCUT2D eigenvalue weighted by molar-refractivity contribution is -0.0440. The van der Waals surface area contributed by atoms with Gasteiger partial charge in [0.2, 0.25) is 10.0 Å². The molecule has 21 heavy (non-hydrogen) atoms.